The van der Waals surface area contributed by atoms with Gasteiger partial charge < -0.3 is 15.4 Å². The molecule has 2 heterocycles. The van der Waals surface area contributed by atoms with Crippen molar-refractivity contribution >= 4 is 33.2 Å². The summed E-state index contributed by atoms with van der Waals surface area (Å²) in [5.41, 5.74) is 0. The van der Waals surface area contributed by atoms with Gasteiger partial charge in [-0.25, -0.2) is 8.42 Å². The second-order valence-corrected chi connectivity index (χ2v) is 8.63. The fraction of sp³-hybridized carbons (Fsp3) is 0.571. The molecule has 8 nitrogen and oxygen atoms in total. The number of carbonyl (C=O) groups is 2. The van der Waals surface area contributed by atoms with Crippen LogP contribution in [0.4, 0.5) is 0 Å². The molecule has 2 rings (SSSR count). The first-order valence-electron chi connectivity index (χ1n) is 7.58. The molecule has 0 saturated carbocycles. The number of hydrogen-bond acceptors (Lipinski definition) is 6. The second kappa shape index (κ2) is 8.06. The molecule has 2 N–H and O–H groups in total. The van der Waals surface area contributed by atoms with Gasteiger partial charge in [0.25, 0.3) is 10.0 Å². The smallest absolute Gasteiger partial charge is 0.309 e. The topological polar surface area (TPSA) is 105 Å². The van der Waals surface area contributed by atoms with E-state index in [-0.39, 0.29) is 16.8 Å². The van der Waals surface area contributed by atoms with Crippen LogP contribution in [0.3, 0.4) is 0 Å². The predicted octanol–water partition coefficient (Wildman–Crippen LogP) is 0.126. The lowest BCUT2D eigenvalue weighted by molar-refractivity contribution is -0.140. The number of nitrogens with one attached hydrogen (secondary N) is 2. The third-order valence-corrected chi connectivity index (χ3v) is 6.54. The van der Waals surface area contributed by atoms with E-state index in [1.54, 1.807) is 25.3 Å². The number of ether oxygens (including phenoxy) is 1. The van der Waals surface area contributed by atoms with E-state index in [1.807, 2.05) is 0 Å². The molecular formula is C14H21N3O5S2. The number of sulfonamides is 1. The molecule has 0 aliphatic carbocycles. The van der Waals surface area contributed by atoms with Crippen LogP contribution in [0, 0.1) is 0 Å². The Morgan fingerprint density at radius 3 is 2.79 bits per heavy atom. The van der Waals surface area contributed by atoms with E-state index in [0.717, 1.165) is 11.3 Å². The van der Waals surface area contributed by atoms with E-state index < -0.39 is 28.1 Å². The Labute approximate surface area is 145 Å². The summed E-state index contributed by atoms with van der Waals surface area (Å²) in [7, 11) is -3.68. The zero-order valence-electron chi connectivity index (χ0n) is 13.5. The Morgan fingerprint density at radius 1 is 1.42 bits per heavy atom. The molecule has 1 aliphatic rings. The van der Waals surface area contributed by atoms with Crippen LogP contribution in [0.15, 0.2) is 21.7 Å². The van der Waals surface area contributed by atoms with Crippen LogP contribution >= 0.6 is 11.3 Å². The van der Waals surface area contributed by atoms with Gasteiger partial charge in [0.2, 0.25) is 0 Å². The summed E-state index contributed by atoms with van der Waals surface area (Å²) < 4.78 is 32.2. The summed E-state index contributed by atoms with van der Waals surface area (Å²) in [6, 6.07) is 3.03. The van der Waals surface area contributed by atoms with Crippen molar-refractivity contribution in [3.8, 4) is 0 Å². The molecule has 1 atom stereocenters. The Balaban J connectivity index is 2.02. The van der Waals surface area contributed by atoms with Crippen LogP contribution in [0.1, 0.15) is 20.3 Å². The fourth-order valence-electron chi connectivity index (χ4n) is 2.22. The van der Waals surface area contributed by atoms with E-state index in [0.29, 0.717) is 19.6 Å². The molecule has 1 saturated heterocycles. The Morgan fingerprint density at radius 2 is 2.17 bits per heavy atom. The van der Waals surface area contributed by atoms with Gasteiger partial charge in [0, 0.05) is 12.6 Å². The minimum atomic E-state index is -3.68. The van der Waals surface area contributed by atoms with Crippen LogP contribution in [0.5, 0.6) is 0 Å². The summed E-state index contributed by atoms with van der Waals surface area (Å²) in [4.78, 5) is 23.4. The molecule has 0 spiro atoms. The first kappa shape index (κ1) is 18.8. The second-order valence-electron chi connectivity index (χ2n) is 5.57. The van der Waals surface area contributed by atoms with E-state index in [9.17, 15) is 18.0 Å². The van der Waals surface area contributed by atoms with Crippen LogP contribution < -0.4 is 10.6 Å². The van der Waals surface area contributed by atoms with Crippen molar-refractivity contribution < 1.29 is 22.7 Å². The summed E-state index contributed by atoms with van der Waals surface area (Å²) in [5, 5.41) is 6.58. The SMILES string of the molecule is CC(C)NC(=O)C(=O)NCC1OCCCN1S(=O)(=O)c1cccs1. The average molecular weight is 375 g/mol. The first-order valence-corrected chi connectivity index (χ1v) is 9.90. The Bertz CT molecular complexity index is 673. The van der Waals surface area contributed by atoms with Crippen LogP contribution in [-0.4, -0.2) is 56.5 Å². The molecule has 2 amide bonds. The first-order chi connectivity index (χ1) is 11.3. The molecule has 1 aromatic heterocycles. The zero-order valence-corrected chi connectivity index (χ0v) is 15.2. The van der Waals surface area contributed by atoms with Crippen LogP contribution in [0.2, 0.25) is 0 Å². The lowest BCUT2D eigenvalue weighted by Crippen LogP contribution is -2.53. The van der Waals surface area contributed by atoms with E-state index in [4.69, 9.17) is 4.74 Å². The maximum atomic E-state index is 12.6. The normalized spacial score (nSPS) is 19.2. The minimum Gasteiger partial charge on any atom is -0.360 e. The molecule has 24 heavy (non-hydrogen) atoms. The quantitative estimate of drug-likeness (QED) is 0.712. The van der Waals surface area contributed by atoms with Gasteiger partial charge in [-0.1, -0.05) is 6.07 Å². The number of rotatable bonds is 5. The van der Waals surface area contributed by atoms with Crippen molar-refractivity contribution in [1.82, 2.24) is 14.9 Å². The van der Waals surface area contributed by atoms with E-state index in [1.165, 1.54) is 10.4 Å². The number of thiophene rings is 1. The number of hydrogen-bond donors (Lipinski definition) is 2. The van der Waals surface area contributed by atoms with Crippen LogP contribution in [-0.2, 0) is 24.3 Å². The molecule has 1 fully saturated rings. The zero-order chi connectivity index (χ0) is 17.7. The van der Waals surface area contributed by atoms with Gasteiger partial charge in [0.15, 0.2) is 0 Å². The highest BCUT2D eigenvalue weighted by atomic mass is 32.2. The maximum absolute atomic E-state index is 12.6. The molecule has 0 bridgehead atoms. The van der Waals surface area contributed by atoms with Crippen molar-refractivity contribution in [3.05, 3.63) is 17.5 Å². The molecular weight excluding hydrogens is 354 g/mol. The van der Waals surface area contributed by atoms with E-state index >= 15 is 0 Å². The van der Waals surface area contributed by atoms with Crippen molar-refractivity contribution in [2.24, 2.45) is 0 Å². The lowest BCUT2D eigenvalue weighted by atomic mass is 10.3. The summed E-state index contributed by atoms with van der Waals surface area (Å²) in [5.74, 6) is -1.57. The highest BCUT2D eigenvalue weighted by Gasteiger charge is 2.35. The lowest BCUT2D eigenvalue weighted by Gasteiger charge is -2.34. The highest BCUT2D eigenvalue weighted by molar-refractivity contribution is 7.91. The summed E-state index contributed by atoms with van der Waals surface area (Å²) in [6.45, 7) is 4.10. The van der Waals surface area contributed by atoms with Gasteiger partial charge in [-0.15, -0.1) is 11.3 Å². The molecule has 0 aromatic carbocycles. The monoisotopic (exact) mass is 375 g/mol. The van der Waals surface area contributed by atoms with Crippen molar-refractivity contribution in [1.29, 1.82) is 0 Å². The minimum absolute atomic E-state index is 0.0883. The van der Waals surface area contributed by atoms with Gasteiger partial charge in [0.1, 0.15) is 10.4 Å². The maximum Gasteiger partial charge on any atom is 0.309 e. The molecule has 1 aliphatic heterocycles. The van der Waals surface area contributed by atoms with Crippen molar-refractivity contribution in [2.75, 3.05) is 19.7 Å². The molecule has 10 heteroatoms. The molecule has 134 valence electrons. The predicted molar refractivity (Wildman–Crippen MR) is 88.9 cm³/mol. The average Bonchev–Trinajstić information content (AvgIpc) is 3.07. The standard InChI is InChI=1S/C14H21N3O5S2/c1-10(2)16-14(19)13(18)15-9-11-17(6-4-7-22-11)24(20,21)12-5-3-8-23-12/h3,5,8,10-11H,4,6-7,9H2,1-2H3,(H,15,18)(H,16,19). The van der Waals surface area contributed by atoms with Gasteiger partial charge in [-0.3, -0.25) is 9.59 Å². The van der Waals surface area contributed by atoms with Gasteiger partial charge in [-0.05, 0) is 31.7 Å². The molecule has 1 unspecified atom stereocenters. The number of nitrogens with zero attached hydrogens (tertiary/aromatic N) is 1. The van der Waals surface area contributed by atoms with Crippen molar-refractivity contribution in [2.45, 2.75) is 36.7 Å². The molecule has 0 radical (unpaired) electrons. The van der Waals surface area contributed by atoms with Crippen LogP contribution in [0.25, 0.3) is 0 Å². The third-order valence-electron chi connectivity index (χ3n) is 3.28. The third kappa shape index (κ3) is 4.53. The highest BCUT2D eigenvalue weighted by Crippen LogP contribution is 2.25. The fourth-order valence-corrected chi connectivity index (χ4v) is 4.90. The molecule has 1 aromatic rings. The largest absolute Gasteiger partial charge is 0.360 e. The van der Waals surface area contributed by atoms with E-state index in [2.05, 4.69) is 10.6 Å². The number of carbonyl (C=O) groups excluding carboxylic acids is 2. The van der Waals surface area contributed by atoms with Crippen molar-refractivity contribution in [3.63, 3.8) is 0 Å². The van der Waals surface area contributed by atoms with Gasteiger partial charge in [-0.2, -0.15) is 4.31 Å². The van der Waals surface area contributed by atoms with Gasteiger partial charge >= 0.3 is 11.8 Å². The summed E-state index contributed by atoms with van der Waals surface area (Å²) in [6.07, 6.45) is -0.259. The number of amides is 2. The van der Waals surface area contributed by atoms with Gasteiger partial charge in [0.05, 0.1) is 13.2 Å². The Hall–Kier alpha value is -1.49. The Kier molecular flexibility index (Phi) is 6.33. The summed E-state index contributed by atoms with van der Waals surface area (Å²) >= 11 is 1.13.